The molecule has 0 saturated heterocycles. The van der Waals surface area contributed by atoms with Gasteiger partial charge in [-0.1, -0.05) is 13.0 Å². The minimum absolute atomic E-state index is 0.312. The number of unbranched alkanes of at least 4 members (excludes halogenated alkanes) is 3. The van der Waals surface area contributed by atoms with Gasteiger partial charge in [-0.3, -0.25) is 0 Å². The molecule has 0 aromatic carbocycles. The van der Waals surface area contributed by atoms with Crippen LogP contribution >= 0.6 is 0 Å². The van der Waals surface area contributed by atoms with Crippen LogP contribution in [0, 0.1) is 11.3 Å². The van der Waals surface area contributed by atoms with Crippen molar-refractivity contribution in [1.29, 1.82) is 5.26 Å². The zero-order chi connectivity index (χ0) is 12.6. The van der Waals surface area contributed by atoms with Crippen molar-refractivity contribution in [2.75, 3.05) is 0 Å². The normalized spacial score (nSPS) is 10.6. The van der Waals surface area contributed by atoms with Crippen molar-refractivity contribution < 1.29 is 9.53 Å². The van der Waals surface area contributed by atoms with Crippen LogP contribution in [0.4, 0.5) is 0 Å². The number of ether oxygens (including phenoxy) is 1. The molecule has 0 saturated carbocycles. The van der Waals surface area contributed by atoms with Gasteiger partial charge in [-0.05, 0) is 40.0 Å². The molecule has 0 fully saturated rings. The average Bonchev–Trinajstić information content (AvgIpc) is 2.14. The Morgan fingerprint density at radius 3 is 2.44 bits per heavy atom. The SMILES string of the molecule is C=C(CCCCCC#N)C(=O)OC(C)(C)C. The predicted octanol–water partition coefficient (Wildman–Crippen LogP) is 3.36. The van der Waals surface area contributed by atoms with Crippen molar-refractivity contribution in [3.8, 4) is 6.07 Å². The van der Waals surface area contributed by atoms with Gasteiger partial charge in [-0.2, -0.15) is 5.26 Å². The van der Waals surface area contributed by atoms with E-state index in [1.165, 1.54) is 0 Å². The Labute approximate surface area is 98.1 Å². The molecule has 0 aromatic heterocycles. The van der Waals surface area contributed by atoms with Crippen LogP contribution < -0.4 is 0 Å². The highest BCUT2D eigenvalue weighted by atomic mass is 16.6. The second-order valence-corrected chi connectivity index (χ2v) is 4.82. The monoisotopic (exact) mass is 223 g/mol. The zero-order valence-corrected chi connectivity index (χ0v) is 10.5. The van der Waals surface area contributed by atoms with Crippen molar-refractivity contribution in [3.05, 3.63) is 12.2 Å². The van der Waals surface area contributed by atoms with E-state index >= 15 is 0 Å². The van der Waals surface area contributed by atoms with Crippen LogP contribution in [0.1, 0.15) is 52.9 Å². The topological polar surface area (TPSA) is 50.1 Å². The Hall–Kier alpha value is -1.30. The molecule has 0 rings (SSSR count). The molecule has 0 atom stereocenters. The minimum atomic E-state index is -0.458. The maximum atomic E-state index is 11.5. The van der Waals surface area contributed by atoms with Gasteiger partial charge >= 0.3 is 5.97 Å². The van der Waals surface area contributed by atoms with Crippen LogP contribution in [0.25, 0.3) is 0 Å². The van der Waals surface area contributed by atoms with Crippen molar-refractivity contribution >= 4 is 5.97 Å². The molecule has 0 aliphatic carbocycles. The molecule has 0 bridgehead atoms. The Bertz CT molecular complexity index is 281. The number of hydrogen-bond donors (Lipinski definition) is 0. The molecule has 0 aromatic rings. The largest absolute Gasteiger partial charge is 0.457 e. The van der Waals surface area contributed by atoms with Crippen molar-refractivity contribution in [2.24, 2.45) is 0 Å². The second-order valence-electron chi connectivity index (χ2n) is 4.82. The Morgan fingerprint density at radius 2 is 1.94 bits per heavy atom. The fourth-order valence-corrected chi connectivity index (χ4v) is 1.17. The predicted molar refractivity (Wildman–Crippen MR) is 63.7 cm³/mol. The number of hydrogen-bond acceptors (Lipinski definition) is 3. The average molecular weight is 223 g/mol. The van der Waals surface area contributed by atoms with Crippen molar-refractivity contribution in [2.45, 2.75) is 58.5 Å². The maximum absolute atomic E-state index is 11.5. The summed E-state index contributed by atoms with van der Waals surface area (Å²) in [6, 6.07) is 2.10. The third-order valence-electron chi connectivity index (χ3n) is 1.95. The Kier molecular flexibility index (Phi) is 6.48. The summed E-state index contributed by atoms with van der Waals surface area (Å²) in [4.78, 5) is 11.5. The molecule has 3 nitrogen and oxygen atoms in total. The number of nitriles is 1. The van der Waals surface area contributed by atoms with Gasteiger partial charge in [0.15, 0.2) is 0 Å². The standard InChI is InChI=1S/C13H21NO2/c1-11(9-7-5-6-8-10-14)12(15)16-13(2,3)4/h1,5-9H2,2-4H3. The molecule has 0 amide bonds. The van der Waals surface area contributed by atoms with Crippen LogP contribution in [0.3, 0.4) is 0 Å². The van der Waals surface area contributed by atoms with Gasteiger partial charge in [0, 0.05) is 12.0 Å². The molecule has 16 heavy (non-hydrogen) atoms. The summed E-state index contributed by atoms with van der Waals surface area (Å²) in [5.74, 6) is -0.312. The molecule has 0 N–H and O–H groups in total. The highest BCUT2D eigenvalue weighted by molar-refractivity contribution is 5.87. The molecule has 0 aliphatic rings. The van der Waals surface area contributed by atoms with E-state index in [4.69, 9.17) is 10.00 Å². The zero-order valence-electron chi connectivity index (χ0n) is 10.5. The molecule has 0 radical (unpaired) electrons. The van der Waals surface area contributed by atoms with E-state index in [9.17, 15) is 4.79 Å². The van der Waals surface area contributed by atoms with Gasteiger partial charge < -0.3 is 4.74 Å². The fraction of sp³-hybridized carbons (Fsp3) is 0.692. The van der Waals surface area contributed by atoms with Crippen molar-refractivity contribution in [1.82, 2.24) is 0 Å². The van der Waals surface area contributed by atoms with Crippen LogP contribution in [-0.2, 0) is 9.53 Å². The molecule has 0 aliphatic heterocycles. The third-order valence-corrected chi connectivity index (χ3v) is 1.95. The van der Waals surface area contributed by atoms with Gasteiger partial charge in [0.25, 0.3) is 0 Å². The summed E-state index contributed by atoms with van der Waals surface area (Å²) in [6.45, 7) is 9.23. The summed E-state index contributed by atoms with van der Waals surface area (Å²) in [5.41, 5.74) is 0.0628. The van der Waals surface area contributed by atoms with Gasteiger partial charge in [0.05, 0.1) is 6.07 Å². The van der Waals surface area contributed by atoms with Crippen LogP contribution in [0.15, 0.2) is 12.2 Å². The van der Waals surface area contributed by atoms with E-state index in [1.54, 1.807) is 0 Å². The molecular formula is C13H21NO2. The lowest BCUT2D eigenvalue weighted by Crippen LogP contribution is -2.24. The van der Waals surface area contributed by atoms with Gasteiger partial charge in [0.2, 0.25) is 0 Å². The first-order chi connectivity index (χ1) is 7.37. The lowest BCUT2D eigenvalue weighted by molar-refractivity contribution is -0.150. The first-order valence-corrected chi connectivity index (χ1v) is 5.65. The maximum Gasteiger partial charge on any atom is 0.333 e. The fourth-order valence-electron chi connectivity index (χ4n) is 1.17. The number of carbonyl (C=O) groups is 1. The summed E-state index contributed by atoms with van der Waals surface area (Å²) in [6.07, 6.45) is 3.96. The second kappa shape index (κ2) is 7.05. The summed E-state index contributed by atoms with van der Waals surface area (Å²) >= 11 is 0. The van der Waals surface area contributed by atoms with E-state index in [2.05, 4.69) is 12.6 Å². The van der Waals surface area contributed by atoms with E-state index in [1.807, 2.05) is 20.8 Å². The van der Waals surface area contributed by atoms with Crippen LogP contribution in [0.2, 0.25) is 0 Å². The van der Waals surface area contributed by atoms with Crippen molar-refractivity contribution in [3.63, 3.8) is 0 Å². The highest BCUT2D eigenvalue weighted by Gasteiger charge is 2.17. The summed E-state index contributed by atoms with van der Waals surface area (Å²) in [7, 11) is 0. The van der Waals surface area contributed by atoms with Gasteiger partial charge in [-0.25, -0.2) is 4.79 Å². The molecule has 0 heterocycles. The Balaban J connectivity index is 3.73. The van der Waals surface area contributed by atoms with E-state index in [0.717, 1.165) is 19.3 Å². The first-order valence-electron chi connectivity index (χ1n) is 5.65. The number of carbonyl (C=O) groups excluding carboxylic acids is 1. The smallest absolute Gasteiger partial charge is 0.333 e. The summed E-state index contributed by atoms with van der Waals surface area (Å²) in [5, 5.41) is 8.35. The van der Waals surface area contributed by atoms with E-state index in [-0.39, 0.29) is 5.97 Å². The molecule has 0 spiro atoms. The quantitative estimate of drug-likeness (QED) is 0.394. The first kappa shape index (κ1) is 14.7. The summed E-state index contributed by atoms with van der Waals surface area (Å²) < 4.78 is 5.19. The highest BCUT2D eigenvalue weighted by Crippen LogP contribution is 2.14. The number of rotatable bonds is 6. The molecule has 3 heteroatoms. The lowest BCUT2D eigenvalue weighted by Gasteiger charge is -2.20. The van der Waals surface area contributed by atoms with Gasteiger partial charge in [-0.15, -0.1) is 0 Å². The molecular weight excluding hydrogens is 202 g/mol. The third kappa shape index (κ3) is 8.05. The number of nitrogens with zero attached hydrogens (tertiary/aromatic N) is 1. The minimum Gasteiger partial charge on any atom is -0.457 e. The lowest BCUT2D eigenvalue weighted by atomic mass is 10.1. The molecule has 0 unspecified atom stereocenters. The number of esters is 1. The van der Waals surface area contributed by atoms with Crippen LogP contribution in [-0.4, -0.2) is 11.6 Å². The molecule has 90 valence electrons. The Morgan fingerprint density at radius 1 is 1.31 bits per heavy atom. The van der Waals surface area contributed by atoms with Crippen LogP contribution in [0.5, 0.6) is 0 Å². The van der Waals surface area contributed by atoms with E-state index < -0.39 is 5.60 Å². The van der Waals surface area contributed by atoms with Gasteiger partial charge in [0.1, 0.15) is 5.60 Å². The van der Waals surface area contributed by atoms with E-state index in [0.29, 0.717) is 18.4 Å².